The molecule has 1 N–H and O–H groups in total. The number of benzene rings is 2. The van der Waals surface area contributed by atoms with Gasteiger partial charge in [-0.05, 0) is 54.7 Å². The minimum atomic E-state index is -0.0546. The first kappa shape index (κ1) is 20.3. The van der Waals surface area contributed by atoms with E-state index in [1.165, 1.54) is 24.6 Å². The number of nitrogens with zero attached hydrogens (tertiary/aromatic N) is 1. The molecule has 1 aliphatic carbocycles. The summed E-state index contributed by atoms with van der Waals surface area (Å²) in [6, 6.07) is 13.4. The summed E-state index contributed by atoms with van der Waals surface area (Å²) in [6.45, 7) is 2.68. The minimum Gasteiger partial charge on any atom is -0.349 e. The van der Waals surface area contributed by atoms with Crippen molar-refractivity contribution in [3.63, 3.8) is 0 Å². The minimum absolute atomic E-state index is 0.0518. The Hall–Kier alpha value is -1.98. The van der Waals surface area contributed by atoms with Crippen molar-refractivity contribution in [1.29, 1.82) is 0 Å². The molecule has 2 aliphatic rings. The van der Waals surface area contributed by atoms with Gasteiger partial charge in [0.15, 0.2) is 0 Å². The number of carbonyl (C=O) groups is 2. The highest BCUT2D eigenvalue weighted by Crippen LogP contribution is 2.37. The van der Waals surface area contributed by atoms with Gasteiger partial charge < -0.3 is 10.2 Å². The van der Waals surface area contributed by atoms with Crippen molar-refractivity contribution in [3.8, 4) is 0 Å². The molecular weight excluding hydrogens is 404 g/mol. The molecule has 2 atom stereocenters. The molecule has 2 aromatic carbocycles. The quantitative estimate of drug-likeness (QED) is 0.719. The van der Waals surface area contributed by atoms with E-state index in [-0.39, 0.29) is 17.9 Å². The number of nitrogens with one attached hydrogen (secondary N) is 1. The number of hydrogen-bond donors (Lipinski definition) is 1. The van der Waals surface area contributed by atoms with Crippen LogP contribution < -0.4 is 10.2 Å². The fourth-order valence-corrected chi connectivity index (χ4v) is 5.11. The van der Waals surface area contributed by atoms with E-state index in [1.807, 2.05) is 42.5 Å². The summed E-state index contributed by atoms with van der Waals surface area (Å²) < 4.78 is 0. The Kier molecular flexibility index (Phi) is 6.16. The number of hydrogen-bond acceptors (Lipinski definition) is 3. The smallest absolute Gasteiger partial charge is 0.251 e. The van der Waals surface area contributed by atoms with E-state index in [0.29, 0.717) is 28.8 Å². The third-order valence-corrected chi connectivity index (χ3v) is 7.15. The molecule has 2 aromatic rings. The Morgan fingerprint density at radius 2 is 1.93 bits per heavy atom. The maximum absolute atomic E-state index is 12.9. The zero-order valence-electron chi connectivity index (χ0n) is 16.5. The molecule has 4 nitrogen and oxygen atoms in total. The molecule has 0 radical (unpaired) electrons. The van der Waals surface area contributed by atoms with Crippen LogP contribution in [0.4, 0.5) is 5.69 Å². The van der Waals surface area contributed by atoms with Gasteiger partial charge in [0.05, 0.1) is 18.0 Å². The highest BCUT2D eigenvalue weighted by molar-refractivity contribution is 8.00. The van der Waals surface area contributed by atoms with E-state index in [4.69, 9.17) is 11.6 Å². The van der Waals surface area contributed by atoms with Crippen LogP contribution in [-0.4, -0.2) is 23.6 Å². The first-order valence-electron chi connectivity index (χ1n) is 10.1. The predicted octanol–water partition coefficient (Wildman–Crippen LogP) is 5.29. The van der Waals surface area contributed by atoms with Crippen LogP contribution in [0.2, 0.25) is 5.02 Å². The SMILES string of the molecule is C[C@@H]1CCCC[C@H]1NC(=O)c1ccc2c(c1)N(Cc1ccc(Cl)cc1)C(=O)CS2. The van der Waals surface area contributed by atoms with Gasteiger partial charge in [0.2, 0.25) is 5.91 Å². The van der Waals surface area contributed by atoms with Crippen molar-refractivity contribution >= 4 is 40.9 Å². The Morgan fingerprint density at radius 3 is 2.69 bits per heavy atom. The molecule has 152 valence electrons. The monoisotopic (exact) mass is 428 g/mol. The van der Waals surface area contributed by atoms with Gasteiger partial charge in [-0.15, -0.1) is 11.8 Å². The van der Waals surface area contributed by atoms with Crippen LogP contribution in [-0.2, 0) is 11.3 Å². The molecule has 0 aromatic heterocycles. The number of fused-ring (bicyclic) bond motifs is 1. The first-order chi connectivity index (χ1) is 14.0. The van der Waals surface area contributed by atoms with E-state index in [1.54, 1.807) is 4.90 Å². The Morgan fingerprint density at radius 1 is 1.17 bits per heavy atom. The van der Waals surface area contributed by atoms with Gasteiger partial charge in [0, 0.05) is 21.5 Å². The second kappa shape index (κ2) is 8.80. The van der Waals surface area contributed by atoms with Crippen LogP contribution in [0.15, 0.2) is 47.4 Å². The van der Waals surface area contributed by atoms with Gasteiger partial charge in [-0.25, -0.2) is 0 Å². The van der Waals surface area contributed by atoms with Crippen molar-refractivity contribution < 1.29 is 9.59 Å². The Balaban J connectivity index is 1.56. The van der Waals surface area contributed by atoms with Gasteiger partial charge in [-0.3, -0.25) is 9.59 Å². The summed E-state index contributed by atoms with van der Waals surface area (Å²) in [6.07, 6.45) is 4.61. The summed E-state index contributed by atoms with van der Waals surface area (Å²) in [4.78, 5) is 28.3. The molecule has 4 rings (SSSR count). The lowest BCUT2D eigenvalue weighted by Gasteiger charge is -2.31. The normalized spacial score (nSPS) is 21.6. The van der Waals surface area contributed by atoms with Crippen LogP contribution >= 0.6 is 23.4 Å². The van der Waals surface area contributed by atoms with Crippen LogP contribution in [0, 0.1) is 5.92 Å². The second-order valence-electron chi connectivity index (χ2n) is 7.92. The van der Waals surface area contributed by atoms with Gasteiger partial charge in [0.1, 0.15) is 0 Å². The van der Waals surface area contributed by atoms with Crippen LogP contribution in [0.3, 0.4) is 0 Å². The molecule has 1 fully saturated rings. The van der Waals surface area contributed by atoms with Gasteiger partial charge in [-0.1, -0.05) is 43.5 Å². The van der Waals surface area contributed by atoms with Crippen molar-refractivity contribution in [3.05, 3.63) is 58.6 Å². The molecular formula is C23H25ClN2O2S. The van der Waals surface area contributed by atoms with E-state index in [2.05, 4.69) is 12.2 Å². The van der Waals surface area contributed by atoms with Gasteiger partial charge in [-0.2, -0.15) is 0 Å². The molecule has 0 unspecified atom stereocenters. The van der Waals surface area contributed by atoms with E-state index in [0.717, 1.165) is 29.0 Å². The summed E-state index contributed by atoms with van der Waals surface area (Å²) in [7, 11) is 0. The Bertz CT molecular complexity index is 916. The summed E-state index contributed by atoms with van der Waals surface area (Å²) in [5, 5.41) is 3.88. The summed E-state index contributed by atoms with van der Waals surface area (Å²) in [5.41, 5.74) is 2.43. The molecule has 0 bridgehead atoms. The van der Waals surface area contributed by atoms with E-state index >= 15 is 0 Å². The molecule has 29 heavy (non-hydrogen) atoms. The molecule has 0 spiro atoms. The van der Waals surface area contributed by atoms with Crippen molar-refractivity contribution in [2.75, 3.05) is 10.7 Å². The lowest BCUT2D eigenvalue weighted by atomic mass is 9.86. The summed E-state index contributed by atoms with van der Waals surface area (Å²) >= 11 is 7.51. The second-order valence-corrected chi connectivity index (χ2v) is 9.37. The summed E-state index contributed by atoms with van der Waals surface area (Å²) in [5.74, 6) is 0.909. The number of thioether (sulfide) groups is 1. The number of amides is 2. The van der Waals surface area contributed by atoms with Gasteiger partial charge in [0.25, 0.3) is 5.91 Å². The number of anilines is 1. The van der Waals surface area contributed by atoms with Crippen molar-refractivity contribution in [2.45, 2.75) is 50.1 Å². The molecule has 1 saturated carbocycles. The molecule has 2 amide bonds. The topological polar surface area (TPSA) is 49.4 Å². The highest BCUT2D eigenvalue weighted by Gasteiger charge is 2.27. The molecule has 6 heteroatoms. The zero-order valence-corrected chi connectivity index (χ0v) is 18.1. The number of carbonyl (C=O) groups excluding carboxylic acids is 2. The maximum atomic E-state index is 12.9. The third kappa shape index (κ3) is 4.62. The maximum Gasteiger partial charge on any atom is 0.251 e. The fourth-order valence-electron chi connectivity index (χ4n) is 4.07. The zero-order chi connectivity index (χ0) is 20.4. The Labute approximate surface area is 181 Å². The fraction of sp³-hybridized carbons (Fsp3) is 0.391. The highest BCUT2D eigenvalue weighted by atomic mass is 35.5. The average molecular weight is 429 g/mol. The average Bonchev–Trinajstić information content (AvgIpc) is 2.73. The number of rotatable bonds is 4. The number of halogens is 1. The van der Waals surface area contributed by atoms with Crippen molar-refractivity contribution in [2.24, 2.45) is 5.92 Å². The lowest BCUT2D eigenvalue weighted by molar-refractivity contribution is -0.116. The molecule has 1 aliphatic heterocycles. The van der Waals surface area contributed by atoms with Crippen LogP contribution in [0.1, 0.15) is 48.5 Å². The van der Waals surface area contributed by atoms with Crippen molar-refractivity contribution in [1.82, 2.24) is 5.32 Å². The first-order valence-corrected chi connectivity index (χ1v) is 11.5. The lowest BCUT2D eigenvalue weighted by Crippen LogP contribution is -2.41. The molecule has 1 heterocycles. The van der Waals surface area contributed by atoms with E-state index in [9.17, 15) is 9.59 Å². The third-order valence-electron chi connectivity index (χ3n) is 5.85. The molecule has 0 saturated heterocycles. The van der Waals surface area contributed by atoms with Gasteiger partial charge >= 0.3 is 0 Å². The largest absolute Gasteiger partial charge is 0.349 e. The van der Waals surface area contributed by atoms with Crippen LogP contribution in [0.5, 0.6) is 0 Å². The predicted molar refractivity (Wildman–Crippen MR) is 119 cm³/mol. The standard InChI is InChI=1S/C23H25ClN2O2S/c1-15-4-2-3-5-19(15)25-23(28)17-8-11-21-20(12-17)26(22(27)14-29-21)13-16-6-9-18(24)10-7-16/h6-12,15,19H,2-5,13-14H2,1H3,(H,25,28)/t15-,19-/m1/s1. The van der Waals surface area contributed by atoms with Crippen LogP contribution in [0.25, 0.3) is 0 Å². The van der Waals surface area contributed by atoms with E-state index < -0.39 is 0 Å².